The molecule has 0 unspecified atom stereocenters. The highest BCUT2D eigenvalue weighted by atomic mass is 16.5. The Morgan fingerprint density at radius 2 is 2.00 bits per heavy atom. The van der Waals surface area contributed by atoms with Gasteiger partial charge in [-0.25, -0.2) is 0 Å². The molecule has 0 saturated heterocycles. The average molecular weight is 222 g/mol. The van der Waals surface area contributed by atoms with Gasteiger partial charge < -0.3 is 14.3 Å². The lowest BCUT2D eigenvalue weighted by molar-refractivity contribution is -0.108. The quantitative estimate of drug-likeness (QED) is 0.665. The van der Waals surface area contributed by atoms with E-state index in [1.807, 2.05) is 31.2 Å². The highest BCUT2D eigenvalue weighted by molar-refractivity contribution is 5.49. The van der Waals surface area contributed by atoms with Crippen molar-refractivity contribution in [2.24, 2.45) is 0 Å². The molecule has 1 aromatic carbocycles. The van der Waals surface area contributed by atoms with Gasteiger partial charge >= 0.3 is 0 Å². The van der Waals surface area contributed by atoms with E-state index in [1.165, 1.54) is 0 Å². The molecule has 0 N–H and O–H groups in total. The van der Waals surface area contributed by atoms with Crippen LogP contribution in [0.4, 0.5) is 0 Å². The van der Waals surface area contributed by atoms with Gasteiger partial charge in [0.05, 0.1) is 19.8 Å². The topological polar surface area (TPSA) is 35.5 Å². The molecule has 0 aliphatic carbocycles. The second-order valence-corrected chi connectivity index (χ2v) is 3.71. The smallest absolute Gasteiger partial charge is 0.120 e. The summed E-state index contributed by atoms with van der Waals surface area (Å²) in [6.07, 6.45) is 2.38. The third-order valence-corrected chi connectivity index (χ3v) is 2.38. The molecular weight excluding hydrogens is 204 g/mol. The molecule has 1 aromatic rings. The van der Waals surface area contributed by atoms with E-state index in [4.69, 9.17) is 9.47 Å². The number of methoxy groups -OCH3 is 1. The molecule has 0 aliphatic heterocycles. The van der Waals surface area contributed by atoms with E-state index in [-0.39, 0.29) is 6.10 Å². The minimum absolute atomic E-state index is 0.118. The van der Waals surface area contributed by atoms with E-state index in [1.54, 1.807) is 7.11 Å². The molecule has 0 bridgehead atoms. The van der Waals surface area contributed by atoms with Gasteiger partial charge in [-0.1, -0.05) is 12.1 Å². The van der Waals surface area contributed by atoms with Crippen LogP contribution in [0.15, 0.2) is 24.3 Å². The summed E-state index contributed by atoms with van der Waals surface area (Å²) < 4.78 is 10.7. The number of rotatable bonds is 7. The van der Waals surface area contributed by atoms with Crippen molar-refractivity contribution in [1.82, 2.24) is 0 Å². The Morgan fingerprint density at radius 3 is 2.56 bits per heavy atom. The van der Waals surface area contributed by atoms with E-state index < -0.39 is 0 Å². The number of ether oxygens (including phenoxy) is 2. The largest absolute Gasteiger partial charge is 0.497 e. The second kappa shape index (κ2) is 7.01. The number of carbonyl (C=O) groups excluding carboxylic acids is 1. The summed E-state index contributed by atoms with van der Waals surface area (Å²) >= 11 is 0. The first-order valence-electron chi connectivity index (χ1n) is 5.44. The van der Waals surface area contributed by atoms with Crippen LogP contribution in [0.3, 0.4) is 0 Å². The maximum Gasteiger partial charge on any atom is 0.120 e. The van der Waals surface area contributed by atoms with Crippen LogP contribution in [0.5, 0.6) is 5.75 Å². The van der Waals surface area contributed by atoms with Crippen LogP contribution >= 0.6 is 0 Å². The van der Waals surface area contributed by atoms with E-state index in [0.29, 0.717) is 13.0 Å². The number of carbonyl (C=O) groups is 1. The maximum absolute atomic E-state index is 10.2. The zero-order valence-electron chi connectivity index (χ0n) is 9.81. The molecular formula is C13H18O3. The fourth-order valence-electron chi connectivity index (χ4n) is 1.35. The first-order valence-corrected chi connectivity index (χ1v) is 5.44. The predicted octanol–water partition coefficient (Wildman–Crippen LogP) is 2.58. The number of hydrogen-bond donors (Lipinski definition) is 0. The van der Waals surface area contributed by atoms with E-state index in [0.717, 1.165) is 24.0 Å². The minimum atomic E-state index is 0.118. The van der Waals surface area contributed by atoms with Gasteiger partial charge in [-0.2, -0.15) is 0 Å². The van der Waals surface area contributed by atoms with Crippen molar-refractivity contribution < 1.29 is 14.3 Å². The first kappa shape index (κ1) is 12.7. The van der Waals surface area contributed by atoms with Crippen LogP contribution in [0.1, 0.15) is 25.3 Å². The van der Waals surface area contributed by atoms with Crippen molar-refractivity contribution in [2.45, 2.75) is 32.5 Å². The number of aldehydes is 1. The molecule has 16 heavy (non-hydrogen) atoms. The fourth-order valence-corrected chi connectivity index (χ4v) is 1.35. The minimum Gasteiger partial charge on any atom is -0.497 e. The SMILES string of the molecule is COc1ccc(CO[C@@H](C)CCC=O)cc1. The molecule has 0 saturated carbocycles. The summed E-state index contributed by atoms with van der Waals surface area (Å²) in [5, 5.41) is 0. The molecule has 1 atom stereocenters. The summed E-state index contributed by atoms with van der Waals surface area (Å²) in [6, 6.07) is 7.78. The standard InChI is InChI=1S/C13H18O3/c1-11(4-3-9-14)16-10-12-5-7-13(15-2)8-6-12/h5-9,11H,3-4,10H2,1-2H3/t11-/m0/s1. The van der Waals surface area contributed by atoms with Crippen molar-refractivity contribution in [3.8, 4) is 5.75 Å². The van der Waals surface area contributed by atoms with Crippen molar-refractivity contribution in [3.63, 3.8) is 0 Å². The molecule has 0 amide bonds. The Hall–Kier alpha value is -1.35. The highest BCUT2D eigenvalue weighted by Gasteiger charge is 2.02. The van der Waals surface area contributed by atoms with Gasteiger partial charge in [-0.05, 0) is 31.0 Å². The van der Waals surface area contributed by atoms with Gasteiger partial charge in [0.1, 0.15) is 12.0 Å². The summed E-state index contributed by atoms with van der Waals surface area (Å²) in [5.41, 5.74) is 1.11. The van der Waals surface area contributed by atoms with Gasteiger partial charge in [0.15, 0.2) is 0 Å². The van der Waals surface area contributed by atoms with Crippen LogP contribution < -0.4 is 4.74 Å². The Kier molecular flexibility index (Phi) is 5.57. The fraction of sp³-hybridized carbons (Fsp3) is 0.462. The van der Waals surface area contributed by atoms with Gasteiger partial charge in [0.2, 0.25) is 0 Å². The molecule has 0 spiro atoms. The number of benzene rings is 1. The lowest BCUT2D eigenvalue weighted by Crippen LogP contribution is -2.08. The van der Waals surface area contributed by atoms with Crippen molar-refractivity contribution in [1.29, 1.82) is 0 Å². The molecule has 0 fully saturated rings. The Labute approximate surface area is 96.4 Å². The third kappa shape index (κ3) is 4.45. The molecule has 0 radical (unpaired) electrons. The average Bonchev–Trinajstić information content (AvgIpc) is 2.34. The summed E-state index contributed by atoms with van der Waals surface area (Å²) in [5.74, 6) is 0.845. The molecule has 3 heteroatoms. The van der Waals surface area contributed by atoms with E-state index in [9.17, 15) is 4.79 Å². The molecule has 3 nitrogen and oxygen atoms in total. The second-order valence-electron chi connectivity index (χ2n) is 3.71. The van der Waals surface area contributed by atoms with Gasteiger partial charge in [0.25, 0.3) is 0 Å². The van der Waals surface area contributed by atoms with Crippen molar-refractivity contribution in [2.75, 3.05) is 7.11 Å². The zero-order valence-corrected chi connectivity index (χ0v) is 9.81. The monoisotopic (exact) mass is 222 g/mol. The Balaban J connectivity index is 2.33. The molecule has 88 valence electrons. The third-order valence-electron chi connectivity index (χ3n) is 2.38. The molecule has 0 aliphatic rings. The van der Waals surface area contributed by atoms with Crippen molar-refractivity contribution >= 4 is 6.29 Å². The number of hydrogen-bond acceptors (Lipinski definition) is 3. The summed E-state index contributed by atoms with van der Waals surface area (Å²) in [4.78, 5) is 10.2. The van der Waals surface area contributed by atoms with Crippen LogP contribution in [0.25, 0.3) is 0 Å². The van der Waals surface area contributed by atoms with Gasteiger partial charge in [-0.15, -0.1) is 0 Å². The maximum atomic E-state index is 10.2. The van der Waals surface area contributed by atoms with E-state index >= 15 is 0 Å². The van der Waals surface area contributed by atoms with Crippen LogP contribution in [0, 0.1) is 0 Å². The molecule has 0 heterocycles. The normalized spacial score (nSPS) is 12.1. The zero-order chi connectivity index (χ0) is 11.8. The van der Waals surface area contributed by atoms with E-state index in [2.05, 4.69) is 0 Å². The first-order chi connectivity index (χ1) is 7.76. The summed E-state index contributed by atoms with van der Waals surface area (Å²) in [6.45, 7) is 2.55. The molecule has 0 aromatic heterocycles. The Morgan fingerprint density at radius 1 is 1.31 bits per heavy atom. The van der Waals surface area contributed by atoms with Crippen LogP contribution in [0.2, 0.25) is 0 Å². The summed E-state index contributed by atoms with van der Waals surface area (Å²) in [7, 11) is 1.65. The lowest BCUT2D eigenvalue weighted by Gasteiger charge is -2.11. The van der Waals surface area contributed by atoms with Crippen molar-refractivity contribution in [3.05, 3.63) is 29.8 Å². The lowest BCUT2D eigenvalue weighted by atomic mass is 10.2. The predicted molar refractivity (Wildman–Crippen MR) is 62.5 cm³/mol. The highest BCUT2D eigenvalue weighted by Crippen LogP contribution is 2.13. The van der Waals surface area contributed by atoms with Crippen LogP contribution in [-0.4, -0.2) is 19.5 Å². The van der Waals surface area contributed by atoms with Crippen LogP contribution in [-0.2, 0) is 16.1 Å². The van der Waals surface area contributed by atoms with Gasteiger partial charge in [-0.3, -0.25) is 0 Å². The molecule has 1 rings (SSSR count). The van der Waals surface area contributed by atoms with Gasteiger partial charge in [0, 0.05) is 6.42 Å². The Bertz CT molecular complexity index is 305.